The molecular formula is C22H26N4O3S2. The molecule has 0 aliphatic carbocycles. The lowest BCUT2D eigenvalue weighted by Crippen LogP contribution is -2.35. The Hall–Kier alpha value is -2.38. The van der Waals surface area contributed by atoms with Crippen LogP contribution in [-0.4, -0.2) is 61.7 Å². The minimum atomic E-state index is -3.83. The van der Waals surface area contributed by atoms with Crippen molar-refractivity contribution in [3.63, 3.8) is 0 Å². The smallest absolute Gasteiger partial charge is 0.243 e. The number of rotatable bonds is 7. The van der Waals surface area contributed by atoms with Gasteiger partial charge in [0.05, 0.1) is 23.1 Å². The van der Waals surface area contributed by atoms with Crippen molar-refractivity contribution < 1.29 is 13.2 Å². The maximum absolute atomic E-state index is 12.7. The molecule has 2 aromatic rings. The van der Waals surface area contributed by atoms with Crippen molar-refractivity contribution >= 4 is 33.4 Å². The fraction of sp³-hybridized carbons (Fsp3) is 0.364. The molecule has 1 fully saturated rings. The van der Waals surface area contributed by atoms with Crippen LogP contribution in [0, 0.1) is 18.3 Å². The Morgan fingerprint density at radius 2 is 1.87 bits per heavy atom. The molecule has 1 N–H and O–H groups in total. The third-order valence-electron chi connectivity index (χ3n) is 5.28. The van der Waals surface area contributed by atoms with Crippen molar-refractivity contribution in [2.45, 2.75) is 18.4 Å². The van der Waals surface area contributed by atoms with E-state index in [1.165, 1.54) is 31.3 Å². The molecule has 3 rings (SSSR count). The van der Waals surface area contributed by atoms with Crippen molar-refractivity contribution in [1.29, 1.82) is 5.26 Å². The monoisotopic (exact) mass is 458 g/mol. The fourth-order valence-electron chi connectivity index (χ4n) is 3.35. The van der Waals surface area contributed by atoms with Gasteiger partial charge in [-0.25, -0.2) is 8.42 Å². The molecule has 0 atom stereocenters. The average Bonchev–Trinajstić information content (AvgIpc) is 2.77. The van der Waals surface area contributed by atoms with Gasteiger partial charge in [-0.3, -0.25) is 9.69 Å². The molecular weight excluding hydrogens is 432 g/mol. The van der Waals surface area contributed by atoms with Gasteiger partial charge in [0.15, 0.2) is 0 Å². The summed E-state index contributed by atoms with van der Waals surface area (Å²) in [6.45, 7) is 4.61. The summed E-state index contributed by atoms with van der Waals surface area (Å²) in [6.07, 6.45) is 0. The summed E-state index contributed by atoms with van der Waals surface area (Å²) >= 11 is 1.97. The number of hydrogen-bond acceptors (Lipinski definition) is 6. The summed E-state index contributed by atoms with van der Waals surface area (Å²) < 4.78 is 26.4. The summed E-state index contributed by atoms with van der Waals surface area (Å²) in [5.41, 5.74) is 3.21. The fourth-order valence-corrected chi connectivity index (χ4v) is 5.45. The Kier molecular flexibility index (Phi) is 7.73. The molecule has 0 saturated carbocycles. The number of nitrogens with one attached hydrogen (secondary N) is 1. The Labute approximate surface area is 188 Å². The van der Waals surface area contributed by atoms with Crippen molar-refractivity contribution in [3.8, 4) is 6.07 Å². The van der Waals surface area contributed by atoms with Gasteiger partial charge in [0, 0.05) is 43.9 Å². The molecule has 2 aromatic carbocycles. The first kappa shape index (κ1) is 23.3. The van der Waals surface area contributed by atoms with Crippen LogP contribution in [0.25, 0.3) is 0 Å². The van der Waals surface area contributed by atoms with E-state index >= 15 is 0 Å². The van der Waals surface area contributed by atoms with Gasteiger partial charge in [0.1, 0.15) is 0 Å². The van der Waals surface area contributed by atoms with Crippen molar-refractivity contribution in [1.82, 2.24) is 9.21 Å². The Morgan fingerprint density at radius 1 is 1.19 bits per heavy atom. The molecule has 1 saturated heterocycles. The van der Waals surface area contributed by atoms with Crippen molar-refractivity contribution in [2.75, 3.05) is 43.5 Å². The number of hydrogen-bond donors (Lipinski definition) is 1. The largest absolute Gasteiger partial charge is 0.325 e. The number of sulfonamides is 1. The summed E-state index contributed by atoms with van der Waals surface area (Å²) in [6, 6.07) is 13.4. The molecule has 31 heavy (non-hydrogen) atoms. The second-order valence-electron chi connectivity index (χ2n) is 7.42. The molecule has 0 bridgehead atoms. The first-order chi connectivity index (χ1) is 14.8. The third-order valence-corrected chi connectivity index (χ3v) is 8.04. The first-order valence-electron chi connectivity index (χ1n) is 9.96. The van der Waals surface area contributed by atoms with Gasteiger partial charge in [0.2, 0.25) is 15.9 Å². The molecule has 0 spiro atoms. The van der Waals surface area contributed by atoms with Gasteiger partial charge in [0.25, 0.3) is 0 Å². The van der Waals surface area contributed by atoms with Crippen molar-refractivity contribution in [2.24, 2.45) is 0 Å². The van der Waals surface area contributed by atoms with Crippen LogP contribution in [0.5, 0.6) is 0 Å². The van der Waals surface area contributed by atoms with Gasteiger partial charge in [-0.05, 0) is 48.4 Å². The number of thioether (sulfide) groups is 1. The number of anilines is 1. The lowest BCUT2D eigenvalue weighted by atomic mass is 10.1. The van der Waals surface area contributed by atoms with E-state index in [9.17, 15) is 13.2 Å². The number of nitriles is 1. The van der Waals surface area contributed by atoms with Gasteiger partial charge in [-0.1, -0.05) is 12.1 Å². The average molecular weight is 459 g/mol. The van der Waals surface area contributed by atoms with Crippen LogP contribution in [0.4, 0.5) is 5.69 Å². The zero-order chi connectivity index (χ0) is 22.4. The van der Waals surface area contributed by atoms with Gasteiger partial charge >= 0.3 is 0 Å². The lowest BCUT2D eigenvalue weighted by Gasteiger charge is -2.27. The zero-order valence-electron chi connectivity index (χ0n) is 17.7. The number of likely N-dealkylation sites (N-methyl/N-ethyl adjacent to an activating group) is 1. The van der Waals surface area contributed by atoms with Crippen LogP contribution in [0.3, 0.4) is 0 Å². The molecule has 0 radical (unpaired) electrons. The summed E-state index contributed by atoms with van der Waals surface area (Å²) in [4.78, 5) is 15.0. The molecule has 164 valence electrons. The predicted octanol–water partition coefficient (Wildman–Crippen LogP) is 2.67. The van der Waals surface area contributed by atoms with Crippen LogP contribution in [0.2, 0.25) is 0 Å². The highest BCUT2D eigenvalue weighted by atomic mass is 32.2. The predicted molar refractivity (Wildman–Crippen MR) is 123 cm³/mol. The first-order valence-corrected chi connectivity index (χ1v) is 12.6. The Balaban J connectivity index is 1.65. The zero-order valence-corrected chi connectivity index (χ0v) is 19.3. The highest BCUT2D eigenvalue weighted by Gasteiger charge is 2.23. The SMILES string of the molecule is Cc1c(CN2CCSCC2)cccc1NC(=O)CN(C)S(=O)(=O)c1ccc(C#N)cc1. The normalized spacial score (nSPS) is 14.9. The molecule has 9 heteroatoms. The standard InChI is InChI=1S/C22H26N4O3S2/c1-17-19(15-26-10-12-30-13-11-26)4-3-5-21(17)24-22(27)16-25(2)31(28,29)20-8-6-18(14-23)7-9-20/h3-9H,10-13,15-16H2,1-2H3,(H,24,27). The van der Waals surface area contributed by atoms with Gasteiger partial charge in [-0.15, -0.1) is 0 Å². The molecule has 1 aliphatic heterocycles. The minimum absolute atomic E-state index is 0.0414. The second kappa shape index (κ2) is 10.3. The van der Waals surface area contributed by atoms with E-state index in [0.29, 0.717) is 11.3 Å². The molecule has 7 nitrogen and oxygen atoms in total. The Bertz CT molecular complexity index is 1070. The minimum Gasteiger partial charge on any atom is -0.325 e. The lowest BCUT2D eigenvalue weighted by molar-refractivity contribution is -0.116. The molecule has 1 amide bonds. The molecule has 1 heterocycles. The van der Waals surface area contributed by atoms with E-state index < -0.39 is 15.9 Å². The van der Waals surface area contributed by atoms with E-state index in [4.69, 9.17) is 5.26 Å². The quantitative estimate of drug-likeness (QED) is 0.686. The third kappa shape index (κ3) is 5.86. The summed E-state index contributed by atoms with van der Waals surface area (Å²) in [7, 11) is -2.47. The Morgan fingerprint density at radius 3 is 2.52 bits per heavy atom. The van der Waals surface area contributed by atoms with Crippen LogP contribution < -0.4 is 5.32 Å². The van der Waals surface area contributed by atoms with Gasteiger partial charge < -0.3 is 5.32 Å². The molecule has 0 unspecified atom stereocenters. The van der Waals surface area contributed by atoms with Crippen molar-refractivity contribution in [3.05, 3.63) is 59.2 Å². The highest BCUT2D eigenvalue weighted by Crippen LogP contribution is 2.22. The number of nitrogens with zero attached hydrogens (tertiary/aromatic N) is 3. The maximum Gasteiger partial charge on any atom is 0.243 e. The van der Waals surface area contributed by atoms with E-state index in [1.54, 1.807) is 0 Å². The second-order valence-corrected chi connectivity index (χ2v) is 10.7. The van der Waals surface area contributed by atoms with Crippen LogP contribution >= 0.6 is 11.8 Å². The highest BCUT2D eigenvalue weighted by molar-refractivity contribution is 7.99. The van der Waals surface area contributed by atoms with E-state index in [1.807, 2.05) is 36.9 Å². The number of carbonyl (C=O) groups is 1. The van der Waals surface area contributed by atoms with Crippen LogP contribution in [0.1, 0.15) is 16.7 Å². The van der Waals surface area contributed by atoms with Gasteiger partial charge in [-0.2, -0.15) is 21.3 Å². The number of amides is 1. The maximum atomic E-state index is 12.7. The number of carbonyl (C=O) groups excluding carboxylic acids is 1. The summed E-state index contributed by atoms with van der Waals surface area (Å²) in [5.74, 6) is 1.86. The van der Waals surface area contributed by atoms with E-state index in [2.05, 4.69) is 16.3 Å². The van der Waals surface area contributed by atoms with Crippen LogP contribution in [0.15, 0.2) is 47.4 Å². The topological polar surface area (TPSA) is 93.5 Å². The molecule has 0 aromatic heterocycles. The molecule has 1 aliphatic rings. The van der Waals surface area contributed by atoms with E-state index in [0.717, 1.165) is 46.6 Å². The van der Waals surface area contributed by atoms with E-state index in [-0.39, 0.29) is 11.4 Å². The number of benzene rings is 2. The van der Waals surface area contributed by atoms with Crippen LogP contribution in [-0.2, 0) is 21.4 Å². The summed E-state index contributed by atoms with van der Waals surface area (Å²) in [5, 5.41) is 11.7.